The van der Waals surface area contributed by atoms with E-state index in [1.165, 1.54) is 22.7 Å². The second-order valence-electron chi connectivity index (χ2n) is 9.75. The number of carbonyl (C=O) groups excluding carboxylic acids is 1. The van der Waals surface area contributed by atoms with Crippen molar-refractivity contribution in [3.8, 4) is 11.5 Å². The zero-order valence-electron chi connectivity index (χ0n) is 23.0. The lowest BCUT2D eigenvalue weighted by Crippen LogP contribution is -2.42. The lowest BCUT2D eigenvalue weighted by molar-refractivity contribution is -0.169. The minimum atomic E-state index is -1.76. The molecule has 1 saturated carbocycles. The van der Waals surface area contributed by atoms with Crippen LogP contribution in [0.15, 0.2) is 53.4 Å². The fourth-order valence-electron chi connectivity index (χ4n) is 4.92. The molecule has 1 aliphatic carbocycles. The van der Waals surface area contributed by atoms with Crippen molar-refractivity contribution in [2.45, 2.75) is 49.9 Å². The van der Waals surface area contributed by atoms with Crippen LogP contribution in [0.4, 0.5) is 0 Å². The number of methoxy groups -OCH3 is 2. The molecule has 10 heteroatoms. The predicted octanol–water partition coefficient (Wildman–Crippen LogP) is 6.58. The van der Waals surface area contributed by atoms with Crippen LogP contribution in [-0.4, -0.2) is 62.5 Å². The Morgan fingerprint density at radius 3 is 2.35 bits per heavy atom. The van der Waals surface area contributed by atoms with Crippen LogP contribution in [0, 0.1) is 0 Å². The Morgan fingerprint density at radius 1 is 1.10 bits per heavy atom. The van der Waals surface area contributed by atoms with Crippen molar-refractivity contribution in [3.05, 3.63) is 73.8 Å². The van der Waals surface area contributed by atoms with E-state index in [2.05, 4.69) is 11.9 Å². The zero-order chi connectivity index (χ0) is 28.5. The summed E-state index contributed by atoms with van der Waals surface area (Å²) < 4.78 is 22.3. The Morgan fingerprint density at radius 2 is 1.77 bits per heavy atom. The number of aliphatic hydroxyl groups is 1. The van der Waals surface area contributed by atoms with Gasteiger partial charge in [-0.15, -0.1) is 22.7 Å². The van der Waals surface area contributed by atoms with Gasteiger partial charge in [-0.05, 0) is 74.2 Å². The van der Waals surface area contributed by atoms with Crippen molar-refractivity contribution in [1.82, 2.24) is 4.90 Å². The number of rotatable bonds is 13. The summed E-state index contributed by atoms with van der Waals surface area (Å²) in [6.07, 6.45) is 7.36. The van der Waals surface area contributed by atoms with Gasteiger partial charge in [-0.25, -0.2) is 4.79 Å². The first-order valence-electron chi connectivity index (χ1n) is 13.3. The molecule has 3 aromatic rings. The van der Waals surface area contributed by atoms with E-state index in [0.29, 0.717) is 38.9 Å². The largest absolute Gasteiger partial charge is 0.504 e. The molecule has 2 heterocycles. The molecule has 1 aliphatic rings. The Balaban J connectivity index is 1.23. The van der Waals surface area contributed by atoms with E-state index in [4.69, 9.17) is 30.5 Å². The Kier molecular flexibility index (Phi) is 10.9. The number of halogens is 1. The quantitative estimate of drug-likeness (QED) is 0.134. The van der Waals surface area contributed by atoms with Gasteiger partial charge < -0.3 is 29.0 Å². The van der Waals surface area contributed by atoms with Gasteiger partial charge >= 0.3 is 5.97 Å². The van der Waals surface area contributed by atoms with E-state index >= 15 is 0 Å². The molecular weight excluding hydrogens is 570 g/mol. The first-order valence-corrected chi connectivity index (χ1v) is 15.4. The van der Waals surface area contributed by atoms with Gasteiger partial charge in [0, 0.05) is 24.2 Å². The molecular formula is C30H36ClNO6S2. The summed E-state index contributed by atoms with van der Waals surface area (Å²) in [4.78, 5) is 16.8. The van der Waals surface area contributed by atoms with Crippen LogP contribution >= 0.6 is 34.3 Å². The molecule has 1 fully saturated rings. The summed E-state index contributed by atoms with van der Waals surface area (Å²) >= 11 is 9.13. The maximum Gasteiger partial charge on any atom is 0.349 e. The molecule has 0 unspecified atom stereocenters. The number of thiophene rings is 2. The maximum atomic E-state index is 13.3. The third-order valence-electron chi connectivity index (χ3n) is 7.17. The van der Waals surface area contributed by atoms with Crippen molar-refractivity contribution >= 4 is 46.3 Å². The van der Waals surface area contributed by atoms with Gasteiger partial charge in [-0.3, -0.25) is 0 Å². The monoisotopic (exact) mass is 605 g/mol. The zero-order valence-corrected chi connectivity index (χ0v) is 25.4. The third-order valence-corrected chi connectivity index (χ3v) is 9.43. The first kappa shape index (κ1) is 30.4. The number of hydrogen-bond acceptors (Lipinski definition) is 9. The van der Waals surface area contributed by atoms with E-state index in [-0.39, 0.29) is 6.10 Å². The summed E-state index contributed by atoms with van der Waals surface area (Å²) in [5.74, 6) is 0.652. The molecule has 0 radical (unpaired) electrons. The summed E-state index contributed by atoms with van der Waals surface area (Å²) in [5, 5.41) is 15.7. The normalized spacial score (nSPS) is 17.8. The van der Waals surface area contributed by atoms with Gasteiger partial charge in [0.25, 0.3) is 0 Å². The summed E-state index contributed by atoms with van der Waals surface area (Å²) in [6, 6.07) is 11.2. The average Bonchev–Trinajstić information content (AvgIpc) is 3.70. The van der Waals surface area contributed by atoms with E-state index in [9.17, 15) is 9.90 Å². The molecule has 0 bridgehead atoms. The number of hydrogen-bond donors (Lipinski definition) is 1. The van der Waals surface area contributed by atoms with E-state index in [0.717, 1.165) is 44.2 Å². The molecule has 2 aromatic heterocycles. The number of esters is 1. The van der Waals surface area contributed by atoms with Crippen LogP contribution < -0.4 is 9.47 Å². The molecule has 0 amide bonds. The highest BCUT2D eigenvalue weighted by Gasteiger charge is 2.45. The number of benzene rings is 1. The van der Waals surface area contributed by atoms with E-state index < -0.39 is 11.6 Å². The lowest BCUT2D eigenvalue weighted by Gasteiger charge is -2.35. The minimum absolute atomic E-state index is 0.203. The molecule has 0 saturated heterocycles. The van der Waals surface area contributed by atoms with Crippen molar-refractivity contribution in [3.63, 3.8) is 0 Å². The second kappa shape index (κ2) is 14.4. The van der Waals surface area contributed by atoms with Crippen LogP contribution in [0.1, 0.15) is 47.4 Å². The smallest absolute Gasteiger partial charge is 0.349 e. The van der Waals surface area contributed by atoms with Gasteiger partial charge in [-0.1, -0.05) is 23.7 Å². The average molecular weight is 606 g/mol. The fourth-order valence-corrected chi connectivity index (χ4v) is 6.86. The molecule has 1 N–H and O–H groups in total. The highest BCUT2D eigenvalue weighted by atomic mass is 35.5. The van der Waals surface area contributed by atoms with E-state index in [1.54, 1.807) is 50.8 Å². The number of ether oxygens (including phenoxy) is 4. The summed E-state index contributed by atoms with van der Waals surface area (Å²) in [7, 11) is 5.31. The highest BCUT2D eigenvalue weighted by molar-refractivity contribution is 7.12. The molecule has 40 heavy (non-hydrogen) atoms. The van der Waals surface area contributed by atoms with Crippen LogP contribution in [-0.2, 0) is 19.9 Å². The summed E-state index contributed by atoms with van der Waals surface area (Å²) in [5.41, 5.74) is -0.949. The molecule has 0 aliphatic heterocycles. The van der Waals surface area contributed by atoms with Gasteiger partial charge in [0.05, 0.1) is 41.9 Å². The van der Waals surface area contributed by atoms with Gasteiger partial charge in [0.15, 0.2) is 0 Å². The van der Waals surface area contributed by atoms with Crippen molar-refractivity contribution in [1.29, 1.82) is 0 Å². The molecule has 216 valence electrons. The van der Waals surface area contributed by atoms with Crippen LogP contribution in [0.25, 0.3) is 6.08 Å². The fraction of sp³-hybridized carbons (Fsp3) is 0.433. The van der Waals surface area contributed by atoms with Crippen LogP contribution in [0.3, 0.4) is 0 Å². The highest BCUT2D eigenvalue weighted by Crippen LogP contribution is 2.38. The maximum absolute atomic E-state index is 13.3. The molecule has 1 aromatic carbocycles. The molecule has 4 rings (SSSR count). The standard InChI is InChI=1S/C30H36ClNO6S2/c1-32(14-6-15-37-26-20-25(36-3)21(13-16-35-2)19-24(26)31)22-9-11-23(12-10-22)38-29(33)30(34,27-7-4-17-39-27)28-8-5-18-40-28/h4-5,7-8,13,16-20,22-23,34H,6,9-12,14-15H2,1-3H3/t22-,23-. The van der Waals surface area contributed by atoms with Crippen molar-refractivity contribution in [2.75, 3.05) is 34.4 Å². The minimum Gasteiger partial charge on any atom is -0.504 e. The second-order valence-corrected chi connectivity index (χ2v) is 12.0. The SMILES string of the molecule is COC=Cc1cc(Cl)c(OCCCN(C)[C@H]2CC[C@H](OC(=O)C(O)(c3cccs3)c3cccs3)CC2)cc1OC. The Hall–Kier alpha value is -2.56. The Bertz CT molecular complexity index is 1210. The summed E-state index contributed by atoms with van der Waals surface area (Å²) in [6.45, 7) is 1.40. The molecule has 0 spiro atoms. The first-order chi connectivity index (χ1) is 19.4. The Labute approximate surface area is 248 Å². The van der Waals surface area contributed by atoms with Crippen LogP contribution in [0.2, 0.25) is 5.02 Å². The third kappa shape index (κ3) is 7.19. The van der Waals surface area contributed by atoms with Crippen LogP contribution in [0.5, 0.6) is 11.5 Å². The van der Waals surface area contributed by atoms with Gasteiger partial charge in [0.1, 0.15) is 17.6 Å². The van der Waals surface area contributed by atoms with Gasteiger partial charge in [0.2, 0.25) is 5.60 Å². The van der Waals surface area contributed by atoms with Crippen molar-refractivity contribution in [2.24, 2.45) is 0 Å². The lowest BCUT2D eigenvalue weighted by atomic mass is 9.91. The topological polar surface area (TPSA) is 77.5 Å². The number of carbonyl (C=O) groups is 1. The predicted molar refractivity (Wildman–Crippen MR) is 161 cm³/mol. The van der Waals surface area contributed by atoms with Crippen molar-refractivity contribution < 1.29 is 28.8 Å². The van der Waals surface area contributed by atoms with E-state index in [1.807, 2.05) is 22.9 Å². The van der Waals surface area contributed by atoms with Gasteiger partial charge in [-0.2, -0.15) is 0 Å². The number of nitrogens with zero attached hydrogens (tertiary/aromatic N) is 1. The molecule has 7 nitrogen and oxygen atoms in total. The molecule has 0 atom stereocenters.